The van der Waals surface area contributed by atoms with Gasteiger partial charge in [-0.1, -0.05) is 60.7 Å². The van der Waals surface area contributed by atoms with Gasteiger partial charge >= 0.3 is 0 Å². The van der Waals surface area contributed by atoms with E-state index in [1.807, 2.05) is 72.9 Å². The van der Waals surface area contributed by atoms with Crippen LogP contribution in [-0.2, 0) is 6.54 Å². The predicted octanol–water partition coefficient (Wildman–Crippen LogP) is 3.28. The SMILES string of the molecule is OC(Cn1ccc(-c2ccccc2)n1)c1ccccc1. The van der Waals surface area contributed by atoms with Crippen LogP contribution in [0.4, 0.5) is 0 Å². The molecule has 0 aliphatic carbocycles. The van der Waals surface area contributed by atoms with Gasteiger partial charge in [0.25, 0.3) is 0 Å². The fourth-order valence-electron chi connectivity index (χ4n) is 2.18. The molecule has 0 aliphatic rings. The second-order valence-electron chi connectivity index (χ2n) is 4.72. The third kappa shape index (κ3) is 2.78. The number of hydrogen-bond donors (Lipinski definition) is 1. The van der Waals surface area contributed by atoms with Crippen molar-refractivity contribution >= 4 is 0 Å². The average Bonchev–Trinajstić information content (AvgIpc) is 2.97. The molecule has 3 nitrogen and oxygen atoms in total. The molecule has 3 heteroatoms. The number of aliphatic hydroxyl groups is 1. The summed E-state index contributed by atoms with van der Waals surface area (Å²) in [5, 5.41) is 14.7. The first-order valence-electron chi connectivity index (χ1n) is 6.65. The zero-order valence-electron chi connectivity index (χ0n) is 11.1. The van der Waals surface area contributed by atoms with Crippen LogP contribution in [0.2, 0.25) is 0 Å². The van der Waals surface area contributed by atoms with Crippen molar-refractivity contribution in [2.75, 3.05) is 0 Å². The minimum absolute atomic E-state index is 0.455. The molecule has 3 aromatic rings. The van der Waals surface area contributed by atoms with Gasteiger partial charge < -0.3 is 5.11 Å². The summed E-state index contributed by atoms with van der Waals surface area (Å²) in [6.07, 6.45) is 1.36. The van der Waals surface area contributed by atoms with Crippen LogP contribution in [-0.4, -0.2) is 14.9 Å². The van der Waals surface area contributed by atoms with Crippen molar-refractivity contribution in [3.05, 3.63) is 78.5 Å². The second kappa shape index (κ2) is 5.72. The standard InChI is InChI=1S/C17H16N2O/c20-17(15-9-5-2-6-10-15)13-19-12-11-16(18-19)14-7-3-1-4-8-14/h1-12,17,20H,13H2. The molecule has 1 atom stereocenters. The number of rotatable bonds is 4. The van der Waals surface area contributed by atoms with Gasteiger partial charge in [0.15, 0.2) is 0 Å². The number of benzene rings is 2. The summed E-state index contributed by atoms with van der Waals surface area (Å²) >= 11 is 0. The molecule has 0 amide bonds. The molecule has 1 N–H and O–H groups in total. The van der Waals surface area contributed by atoms with E-state index in [1.54, 1.807) is 4.68 Å². The monoisotopic (exact) mass is 264 g/mol. The van der Waals surface area contributed by atoms with Crippen molar-refractivity contribution in [2.45, 2.75) is 12.6 Å². The Labute approximate surface area is 118 Å². The zero-order valence-corrected chi connectivity index (χ0v) is 11.1. The van der Waals surface area contributed by atoms with Crippen LogP contribution in [0.5, 0.6) is 0 Å². The third-order valence-corrected chi connectivity index (χ3v) is 3.25. The Morgan fingerprint density at radius 2 is 1.55 bits per heavy atom. The van der Waals surface area contributed by atoms with Gasteiger partial charge in [-0.05, 0) is 11.6 Å². The molecule has 20 heavy (non-hydrogen) atoms. The van der Waals surface area contributed by atoms with E-state index in [2.05, 4.69) is 5.10 Å². The minimum atomic E-state index is -0.542. The van der Waals surface area contributed by atoms with Gasteiger partial charge in [-0.25, -0.2) is 0 Å². The molecule has 0 saturated heterocycles. The number of hydrogen-bond acceptors (Lipinski definition) is 2. The van der Waals surface area contributed by atoms with E-state index in [-0.39, 0.29) is 0 Å². The molecular weight excluding hydrogens is 248 g/mol. The average molecular weight is 264 g/mol. The van der Waals surface area contributed by atoms with Crippen molar-refractivity contribution in [1.29, 1.82) is 0 Å². The van der Waals surface area contributed by atoms with Crippen LogP contribution in [0.1, 0.15) is 11.7 Å². The fraction of sp³-hybridized carbons (Fsp3) is 0.118. The molecule has 0 aliphatic heterocycles. The molecule has 1 heterocycles. The van der Waals surface area contributed by atoms with Crippen LogP contribution >= 0.6 is 0 Å². The lowest BCUT2D eigenvalue weighted by atomic mass is 10.1. The Hall–Kier alpha value is -2.39. The predicted molar refractivity (Wildman–Crippen MR) is 79.1 cm³/mol. The van der Waals surface area contributed by atoms with E-state index in [0.717, 1.165) is 16.8 Å². The minimum Gasteiger partial charge on any atom is -0.386 e. The van der Waals surface area contributed by atoms with Crippen molar-refractivity contribution in [3.8, 4) is 11.3 Å². The normalized spacial score (nSPS) is 12.2. The maximum Gasteiger partial charge on any atom is 0.0985 e. The summed E-state index contributed by atoms with van der Waals surface area (Å²) in [6.45, 7) is 0.455. The van der Waals surface area contributed by atoms with E-state index < -0.39 is 6.10 Å². The second-order valence-corrected chi connectivity index (χ2v) is 4.72. The molecule has 2 aromatic carbocycles. The topological polar surface area (TPSA) is 38.0 Å². The quantitative estimate of drug-likeness (QED) is 0.785. The first kappa shape index (κ1) is 12.6. The number of nitrogens with zero attached hydrogens (tertiary/aromatic N) is 2. The Kier molecular flexibility index (Phi) is 3.61. The summed E-state index contributed by atoms with van der Waals surface area (Å²) < 4.78 is 1.78. The lowest BCUT2D eigenvalue weighted by Gasteiger charge is -2.10. The van der Waals surface area contributed by atoms with Crippen molar-refractivity contribution in [2.24, 2.45) is 0 Å². The van der Waals surface area contributed by atoms with E-state index in [4.69, 9.17) is 0 Å². The highest BCUT2D eigenvalue weighted by atomic mass is 16.3. The summed E-state index contributed by atoms with van der Waals surface area (Å²) in [5.41, 5.74) is 2.91. The Balaban J connectivity index is 1.75. The van der Waals surface area contributed by atoms with Gasteiger partial charge in [0, 0.05) is 11.8 Å². The molecule has 100 valence electrons. The Morgan fingerprint density at radius 3 is 2.25 bits per heavy atom. The summed E-state index contributed by atoms with van der Waals surface area (Å²) in [7, 11) is 0. The highest BCUT2D eigenvalue weighted by molar-refractivity contribution is 5.57. The summed E-state index contributed by atoms with van der Waals surface area (Å²) in [4.78, 5) is 0. The molecule has 3 rings (SSSR count). The van der Waals surface area contributed by atoms with E-state index in [9.17, 15) is 5.11 Å². The van der Waals surface area contributed by atoms with E-state index in [1.165, 1.54) is 0 Å². The smallest absolute Gasteiger partial charge is 0.0985 e. The number of aliphatic hydroxyl groups excluding tert-OH is 1. The summed E-state index contributed by atoms with van der Waals surface area (Å²) in [5.74, 6) is 0. The largest absolute Gasteiger partial charge is 0.386 e. The lowest BCUT2D eigenvalue weighted by Crippen LogP contribution is -2.09. The molecule has 1 unspecified atom stereocenters. The Morgan fingerprint density at radius 1 is 0.900 bits per heavy atom. The Bertz CT molecular complexity index is 662. The third-order valence-electron chi connectivity index (χ3n) is 3.25. The van der Waals surface area contributed by atoms with Crippen LogP contribution in [0.25, 0.3) is 11.3 Å². The van der Waals surface area contributed by atoms with Gasteiger partial charge in [-0.3, -0.25) is 4.68 Å². The van der Waals surface area contributed by atoms with E-state index >= 15 is 0 Å². The zero-order chi connectivity index (χ0) is 13.8. The highest BCUT2D eigenvalue weighted by Gasteiger charge is 2.09. The highest BCUT2D eigenvalue weighted by Crippen LogP contribution is 2.18. The fourth-order valence-corrected chi connectivity index (χ4v) is 2.18. The van der Waals surface area contributed by atoms with Crippen LogP contribution < -0.4 is 0 Å². The molecular formula is C17H16N2O. The molecule has 0 fully saturated rings. The van der Waals surface area contributed by atoms with Gasteiger partial charge in [-0.2, -0.15) is 5.10 Å². The van der Waals surface area contributed by atoms with Crippen molar-refractivity contribution in [1.82, 2.24) is 9.78 Å². The van der Waals surface area contributed by atoms with Crippen LogP contribution in [0, 0.1) is 0 Å². The van der Waals surface area contributed by atoms with Gasteiger partial charge in [0.1, 0.15) is 0 Å². The first-order valence-corrected chi connectivity index (χ1v) is 6.65. The lowest BCUT2D eigenvalue weighted by molar-refractivity contribution is 0.151. The van der Waals surface area contributed by atoms with Gasteiger partial charge in [0.05, 0.1) is 18.3 Å². The maximum absolute atomic E-state index is 10.2. The molecule has 0 saturated carbocycles. The first-order chi connectivity index (χ1) is 9.83. The maximum atomic E-state index is 10.2. The molecule has 1 aromatic heterocycles. The van der Waals surface area contributed by atoms with Gasteiger partial charge in [-0.15, -0.1) is 0 Å². The van der Waals surface area contributed by atoms with Gasteiger partial charge in [0.2, 0.25) is 0 Å². The number of aromatic nitrogens is 2. The van der Waals surface area contributed by atoms with E-state index in [0.29, 0.717) is 6.54 Å². The van der Waals surface area contributed by atoms with Crippen molar-refractivity contribution < 1.29 is 5.11 Å². The van der Waals surface area contributed by atoms with Crippen molar-refractivity contribution in [3.63, 3.8) is 0 Å². The van der Waals surface area contributed by atoms with Crippen LogP contribution in [0.15, 0.2) is 72.9 Å². The molecule has 0 radical (unpaired) electrons. The summed E-state index contributed by atoms with van der Waals surface area (Å²) in [6, 6.07) is 21.6. The van der Waals surface area contributed by atoms with Crippen LogP contribution in [0.3, 0.4) is 0 Å². The molecule has 0 bridgehead atoms. The molecule has 0 spiro atoms.